The van der Waals surface area contributed by atoms with Crippen LogP contribution >= 0.6 is 0 Å². The second kappa shape index (κ2) is 6.18. The van der Waals surface area contributed by atoms with Crippen molar-refractivity contribution in [3.63, 3.8) is 0 Å². The first kappa shape index (κ1) is 12.6. The number of hydroxylamine groups is 2. The number of hydrogen-bond donors (Lipinski definition) is 0. The quantitative estimate of drug-likeness (QED) is 0.788. The molecule has 1 saturated heterocycles. The van der Waals surface area contributed by atoms with E-state index in [2.05, 4.69) is 49.2 Å². The van der Waals surface area contributed by atoms with Crippen LogP contribution in [0, 0.1) is 0 Å². The Balaban J connectivity index is 1.82. The summed E-state index contributed by atoms with van der Waals surface area (Å²) in [4.78, 5) is 5.86. The predicted molar refractivity (Wildman–Crippen MR) is 70.8 cm³/mol. The minimum absolute atomic E-state index is 0.350. The van der Waals surface area contributed by atoms with Crippen LogP contribution in [0.1, 0.15) is 44.6 Å². The van der Waals surface area contributed by atoms with Gasteiger partial charge in [-0.25, -0.2) is 0 Å². The molecule has 2 nitrogen and oxygen atoms in total. The average Bonchev–Trinajstić information content (AvgIpc) is 2.40. The Morgan fingerprint density at radius 2 is 1.88 bits per heavy atom. The van der Waals surface area contributed by atoms with E-state index >= 15 is 0 Å². The lowest BCUT2D eigenvalue weighted by molar-refractivity contribution is -0.202. The molecule has 0 saturated carbocycles. The van der Waals surface area contributed by atoms with Gasteiger partial charge >= 0.3 is 0 Å². The summed E-state index contributed by atoms with van der Waals surface area (Å²) < 4.78 is 0. The Morgan fingerprint density at radius 3 is 2.47 bits per heavy atom. The van der Waals surface area contributed by atoms with Gasteiger partial charge in [-0.05, 0) is 37.7 Å². The molecule has 2 rings (SSSR count). The van der Waals surface area contributed by atoms with E-state index in [9.17, 15) is 0 Å². The largest absolute Gasteiger partial charge is 0.296 e. The Morgan fingerprint density at radius 1 is 1.24 bits per heavy atom. The monoisotopic (exact) mass is 233 g/mol. The zero-order valence-electron chi connectivity index (χ0n) is 10.9. The van der Waals surface area contributed by atoms with Crippen molar-refractivity contribution in [2.24, 2.45) is 0 Å². The summed E-state index contributed by atoms with van der Waals surface area (Å²) in [6, 6.07) is 10.9. The zero-order valence-corrected chi connectivity index (χ0v) is 10.9. The first-order valence-electron chi connectivity index (χ1n) is 6.76. The van der Waals surface area contributed by atoms with Gasteiger partial charge in [-0.2, -0.15) is 5.06 Å². The highest BCUT2D eigenvalue weighted by Gasteiger charge is 2.21. The standard InChI is InChI=1S/C15H23NO/c1-3-13(2)17-16-11-9-15(10-12-16)14-7-5-4-6-8-14/h4-8,13,15H,3,9-12H2,1-2H3. The molecule has 0 aliphatic carbocycles. The number of nitrogens with zero attached hydrogens (tertiary/aromatic N) is 1. The fourth-order valence-electron chi connectivity index (χ4n) is 2.35. The smallest absolute Gasteiger partial charge is 0.0762 e. The van der Waals surface area contributed by atoms with Crippen LogP contribution in [0.25, 0.3) is 0 Å². The van der Waals surface area contributed by atoms with Gasteiger partial charge in [0.2, 0.25) is 0 Å². The van der Waals surface area contributed by atoms with Gasteiger partial charge in [0, 0.05) is 13.1 Å². The molecule has 1 heterocycles. The van der Waals surface area contributed by atoms with Crippen molar-refractivity contribution in [3.8, 4) is 0 Å². The highest BCUT2D eigenvalue weighted by molar-refractivity contribution is 5.19. The van der Waals surface area contributed by atoms with Crippen LogP contribution in [0.4, 0.5) is 0 Å². The van der Waals surface area contributed by atoms with Crippen LogP contribution in [0.5, 0.6) is 0 Å². The predicted octanol–water partition coefficient (Wildman–Crippen LogP) is 3.60. The van der Waals surface area contributed by atoms with E-state index in [-0.39, 0.29) is 0 Å². The minimum Gasteiger partial charge on any atom is -0.296 e. The minimum atomic E-state index is 0.350. The van der Waals surface area contributed by atoms with Crippen LogP contribution in [0.3, 0.4) is 0 Å². The van der Waals surface area contributed by atoms with Crippen LogP contribution in [0.2, 0.25) is 0 Å². The number of rotatable bonds is 4. The van der Waals surface area contributed by atoms with Crippen molar-refractivity contribution >= 4 is 0 Å². The van der Waals surface area contributed by atoms with Crippen molar-refractivity contribution in [2.45, 2.75) is 45.1 Å². The summed E-state index contributed by atoms with van der Waals surface area (Å²) in [5, 5.41) is 2.15. The molecule has 1 aliphatic heterocycles. The molecule has 0 spiro atoms. The highest BCUT2D eigenvalue weighted by atomic mass is 16.7. The molecule has 17 heavy (non-hydrogen) atoms. The topological polar surface area (TPSA) is 12.5 Å². The fraction of sp³-hybridized carbons (Fsp3) is 0.600. The molecular formula is C15H23NO. The van der Waals surface area contributed by atoms with E-state index in [1.54, 1.807) is 0 Å². The normalized spacial score (nSPS) is 20.4. The fourth-order valence-corrected chi connectivity index (χ4v) is 2.35. The summed E-state index contributed by atoms with van der Waals surface area (Å²) in [5.74, 6) is 0.716. The SMILES string of the molecule is CCC(C)ON1CCC(c2ccccc2)CC1. The van der Waals surface area contributed by atoms with Crippen molar-refractivity contribution in [1.82, 2.24) is 5.06 Å². The van der Waals surface area contributed by atoms with Crippen molar-refractivity contribution < 1.29 is 4.84 Å². The second-order valence-electron chi connectivity index (χ2n) is 4.94. The summed E-state index contributed by atoms with van der Waals surface area (Å²) in [6.45, 7) is 6.43. The van der Waals surface area contributed by atoms with E-state index < -0.39 is 0 Å². The van der Waals surface area contributed by atoms with Crippen molar-refractivity contribution in [2.75, 3.05) is 13.1 Å². The lowest BCUT2D eigenvalue weighted by Gasteiger charge is -2.33. The van der Waals surface area contributed by atoms with E-state index in [1.165, 1.54) is 18.4 Å². The third-order valence-electron chi connectivity index (χ3n) is 3.63. The molecule has 1 aliphatic rings. The van der Waals surface area contributed by atoms with Crippen LogP contribution in [-0.2, 0) is 4.84 Å². The first-order valence-corrected chi connectivity index (χ1v) is 6.76. The molecule has 1 atom stereocenters. The number of benzene rings is 1. The van der Waals surface area contributed by atoms with Gasteiger partial charge in [-0.3, -0.25) is 4.84 Å². The van der Waals surface area contributed by atoms with Crippen molar-refractivity contribution in [1.29, 1.82) is 0 Å². The van der Waals surface area contributed by atoms with E-state index in [0.717, 1.165) is 19.5 Å². The van der Waals surface area contributed by atoms with Gasteiger partial charge in [-0.15, -0.1) is 0 Å². The summed E-state index contributed by atoms with van der Waals surface area (Å²) >= 11 is 0. The molecule has 0 amide bonds. The molecule has 94 valence electrons. The second-order valence-corrected chi connectivity index (χ2v) is 4.94. The molecule has 0 aromatic heterocycles. The van der Waals surface area contributed by atoms with Crippen LogP contribution in [-0.4, -0.2) is 24.3 Å². The Kier molecular flexibility index (Phi) is 4.57. The molecule has 0 radical (unpaired) electrons. The Bertz CT molecular complexity index is 317. The van der Waals surface area contributed by atoms with Gasteiger partial charge in [0.15, 0.2) is 0 Å². The van der Waals surface area contributed by atoms with E-state index in [0.29, 0.717) is 12.0 Å². The zero-order chi connectivity index (χ0) is 12.1. The lowest BCUT2D eigenvalue weighted by Crippen LogP contribution is -2.35. The lowest BCUT2D eigenvalue weighted by atomic mass is 9.90. The maximum Gasteiger partial charge on any atom is 0.0762 e. The van der Waals surface area contributed by atoms with Crippen LogP contribution < -0.4 is 0 Å². The maximum atomic E-state index is 5.86. The highest BCUT2D eigenvalue weighted by Crippen LogP contribution is 2.28. The molecule has 1 aromatic carbocycles. The molecule has 1 fully saturated rings. The van der Waals surface area contributed by atoms with Gasteiger partial charge in [0.1, 0.15) is 0 Å². The van der Waals surface area contributed by atoms with E-state index in [4.69, 9.17) is 4.84 Å². The third-order valence-corrected chi connectivity index (χ3v) is 3.63. The molecule has 0 bridgehead atoms. The number of piperidine rings is 1. The van der Waals surface area contributed by atoms with Crippen LogP contribution in [0.15, 0.2) is 30.3 Å². The van der Waals surface area contributed by atoms with Gasteiger partial charge in [0.05, 0.1) is 6.10 Å². The molecule has 0 N–H and O–H groups in total. The van der Waals surface area contributed by atoms with Gasteiger partial charge in [-0.1, -0.05) is 37.3 Å². The molecule has 1 unspecified atom stereocenters. The third kappa shape index (κ3) is 3.55. The van der Waals surface area contributed by atoms with Gasteiger partial charge < -0.3 is 0 Å². The molecule has 1 aromatic rings. The number of hydrogen-bond acceptors (Lipinski definition) is 2. The Labute approximate surface area is 105 Å². The van der Waals surface area contributed by atoms with Gasteiger partial charge in [0.25, 0.3) is 0 Å². The summed E-state index contributed by atoms with van der Waals surface area (Å²) in [5.41, 5.74) is 1.48. The summed E-state index contributed by atoms with van der Waals surface area (Å²) in [6.07, 6.45) is 3.85. The van der Waals surface area contributed by atoms with Crippen molar-refractivity contribution in [3.05, 3.63) is 35.9 Å². The van der Waals surface area contributed by atoms with E-state index in [1.807, 2.05) is 0 Å². The Hall–Kier alpha value is -0.860. The summed E-state index contributed by atoms with van der Waals surface area (Å²) in [7, 11) is 0. The average molecular weight is 233 g/mol. The molecular weight excluding hydrogens is 210 g/mol. The first-order chi connectivity index (χ1) is 8.29. The maximum absolute atomic E-state index is 5.86. The molecule has 2 heteroatoms.